The Morgan fingerprint density at radius 2 is 2.00 bits per heavy atom. The van der Waals surface area contributed by atoms with Crippen molar-refractivity contribution in [1.82, 2.24) is 0 Å². The highest BCUT2D eigenvalue weighted by molar-refractivity contribution is 5.25. The highest BCUT2D eigenvalue weighted by Gasteiger charge is 2.68. The van der Waals surface area contributed by atoms with Crippen LogP contribution in [0.5, 0.6) is 0 Å². The fourth-order valence-electron chi connectivity index (χ4n) is 3.44. The Kier molecular flexibility index (Phi) is 1.45. The van der Waals surface area contributed by atoms with E-state index < -0.39 is 5.60 Å². The summed E-state index contributed by atoms with van der Waals surface area (Å²) in [5.41, 5.74) is -1.14. The minimum Gasteiger partial charge on any atom is -0.375 e. The summed E-state index contributed by atoms with van der Waals surface area (Å²) in [6.45, 7) is 6.46. The molecule has 2 aliphatic carbocycles. The lowest BCUT2D eigenvalue weighted by Crippen LogP contribution is -2.45. The maximum absolute atomic E-state index is 10.2. The fourth-order valence-corrected chi connectivity index (χ4v) is 3.44. The first-order valence-electron chi connectivity index (χ1n) is 5.01. The molecule has 3 unspecified atom stereocenters. The Bertz CT molecular complexity index is 291. The van der Waals surface area contributed by atoms with Gasteiger partial charge in [0.25, 0.3) is 0 Å². The van der Waals surface area contributed by atoms with E-state index >= 15 is 0 Å². The summed E-state index contributed by atoms with van der Waals surface area (Å²) in [4.78, 5) is 0. The van der Waals surface area contributed by atoms with Crippen molar-refractivity contribution in [3.05, 3.63) is 0 Å². The number of hydrogen-bond donors (Lipinski definition) is 1. The molecule has 2 heteroatoms. The second-order valence-corrected chi connectivity index (χ2v) is 5.47. The molecule has 1 N–H and O–H groups in total. The van der Waals surface area contributed by atoms with Crippen LogP contribution >= 0.6 is 0 Å². The summed E-state index contributed by atoms with van der Waals surface area (Å²) in [5.74, 6) is 0.530. The van der Waals surface area contributed by atoms with Crippen LogP contribution in [0.2, 0.25) is 0 Å². The van der Waals surface area contributed by atoms with Crippen molar-refractivity contribution in [3.8, 4) is 6.07 Å². The van der Waals surface area contributed by atoms with Crippen LogP contribution in [0, 0.1) is 28.1 Å². The van der Waals surface area contributed by atoms with Crippen LogP contribution in [0.4, 0.5) is 0 Å². The quantitative estimate of drug-likeness (QED) is 0.579. The van der Waals surface area contributed by atoms with Crippen molar-refractivity contribution in [1.29, 1.82) is 5.26 Å². The van der Waals surface area contributed by atoms with Crippen molar-refractivity contribution in [2.45, 2.75) is 45.6 Å². The molecule has 0 radical (unpaired) electrons. The zero-order chi connectivity index (χ0) is 9.91. The molecule has 0 aromatic carbocycles. The van der Waals surface area contributed by atoms with Crippen molar-refractivity contribution < 1.29 is 5.11 Å². The van der Waals surface area contributed by atoms with Crippen LogP contribution in [0.3, 0.4) is 0 Å². The molecule has 2 fully saturated rings. The second kappa shape index (κ2) is 2.09. The van der Waals surface area contributed by atoms with E-state index in [1.165, 1.54) is 6.42 Å². The largest absolute Gasteiger partial charge is 0.375 e. The molecule has 0 heterocycles. The number of nitrogens with zero attached hydrogens (tertiary/aromatic N) is 1. The highest BCUT2D eigenvalue weighted by atomic mass is 16.3. The van der Waals surface area contributed by atoms with Crippen LogP contribution in [0.1, 0.15) is 40.0 Å². The lowest BCUT2D eigenvalue weighted by molar-refractivity contribution is -0.0448. The van der Waals surface area contributed by atoms with Gasteiger partial charge in [0.2, 0.25) is 0 Å². The Hall–Kier alpha value is -0.550. The normalized spacial score (nSPS) is 52.1. The molecule has 0 spiro atoms. The summed E-state index contributed by atoms with van der Waals surface area (Å²) in [7, 11) is 0. The van der Waals surface area contributed by atoms with Crippen LogP contribution in [-0.2, 0) is 0 Å². The molecular weight excluding hydrogens is 162 g/mol. The molecule has 0 aliphatic heterocycles. The molecule has 0 aromatic rings. The third-order valence-electron chi connectivity index (χ3n) is 5.08. The van der Waals surface area contributed by atoms with E-state index in [2.05, 4.69) is 26.8 Å². The topological polar surface area (TPSA) is 44.0 Å². The Morgan fingerprint density at radius 3 is 2.23 bits per heavy atom. The Balaban J connectivity index is 2.51. The number of nitriles is 1. The van der Waals surface area contributed by atoms with Gasteiger partial charge in [-0.05, 0) is 30.6 Å². The predicted octanol–water partition coefficient (Wildman–Crippen LogP) is 2.09. The third kappa shape index (κ3) is 0.729. The van der Waals surface area contributed by atoms with E-state index in [4.69, 9.17) is 5.26 Å². The molecule has 72 valence electrons. The molecule has 0 amide bonds. The molecule has 0 saturated heterocycles. The standard InChI is InChI=1S/C11H17NO/c1-9(2)8-4-5-10(9,3)11(13,6-8)7-12/h8,13H,4-6H2,1-3H3. The van der Waals surface area contributed by atoms with Gasteiger partial charge < -0.3 is 5.11 Å². The number of aliphatic hydroxyl groups is 1. The van der Waals surface area contributed by atoms with Crippen molar-refractivity contribution >= 4 is 0 Å². The molecule has 3 atom stereocenters. The van der Waals surface area contributed by atoms with Crippen molar-refractivity contribution in [2.24, 2.45) is 16.7 Å². The first-order valence-corrected chi connectivity index (χ1v) is 5.01. The van der Waals surface area contributed by atoms with Crippen LogP contribution in [0.15, 0.2) is 0 Å². The van der Waals surface area contributed by atoms with E-state index in [0.29, 0.717) is 12.3 Å². The fraction of sp³-hybridized carbons (Fsp3) is 0.909. The zero-order valence-electron chi connectivity index (χ0n) is 8.59. The first-order chi connectivity index (χ1) is 5.87. The maximum atomic E-state index is 10.2. The highest BCUT2D eigenvalue weighted by Crippen LogP contribution is 2.69. The molecule has 13 heavy (non-hydrogen) atoms. The van der Waals surface area contributed by atoms with Crippen LogP contribution in [0.25, 0.3) is 0 Å². The van der Waals surface area contributed by atoms with E-state index in [1.807, 2.05) is 0 Å². The molecular formula is C11H17NO. The molecule has 2 rings (SSSR count). The van der Waals surface area contributed by atoms with Gasteiger partial charge in [0.15, 0.2) is 5.60 Å². The van der Waals surface area contributed by atoms with E-state index in [9.17, 15) is 5.11 Å². The molecule has 2 nitrogen and oxygen atoms in total. The van der Waals surface area contributed by atoms with Crippen LogP contribution < -0.4 is 0 Å². The van der Waals surface area contributed by atoms with Gasteiger partial charge >= 0.3 is 0 Å². The Morgan fingerprint density at radius 1 is 1.38 bits per heavy atom. The SMILES string of the molecule is CC1(C)C2CCC1(C)C(O)(C#N)C2. The lowest BCUT2D eigenvalue weighted by Gasteiger charge is -2.40. The summed E-state index contributed by atoms with van der Waals surface area (Å²) in [6.07, 6.45) is 2.84. The van der Waals surface area contributed by atoms with Gasteiger partial charge in [0.1, 0.15) is 0 Å². The van der Waals surface area contributed by atoms with Gasteiger partial charge in [-0.15, -0.1) is 0 Å². The lowest BCUT2D eigenvalue weighted by atomic mass is 9.65. The van der Waals surface area contributed by atoms with E-state index in [-0.39, 0.29) is 10.8 Å². The van der Waals surface area contributed by atoms with Crippen molar-refractivity contribution in [3.63, 3.8) is 0 Å². The smallest absolute Gasteiger partial charge is 0.157 e. The maximum Gasteiger partial charge on any atom is 0.157 e. The second-order valence-electron chi connectivity index (χ2n) is 5.47. The van der Waals surface area contributed by atoms with E-state index in [0.717, 1.165) is 6.42 Å². The van der Waals surface area contributed by atoms with Gasteiger partial charge in [-0.2, -0.15) is 5.26 Å². The number of rotatable bonds is 0. The average Bonchev–Trinajstić information content (AvgIpc) is 2.36. The third-order valence-corrected chi connectivity index (χ3v) is 5.08. The molecule has 2 bridgehead atoms. The number of fused-ring (bicyclic) bond motifs is 2. The molecule has 2 aliphatic rings. The summed E-state index contributed by atoms with van der Waals surface area (Å²) in [6, 6.07) is 2.12. The minimum absolute atomic E-state index is 0.123. The minimum atomic E-state index is -1.07. The number of hydrogen-bond acceptors (Lipinski definition) is 2. The van der Waals surface area contributed by atoms with E-state index in [1.54, 1.807) is 0 Å². The van der Waals surface area contributed by atoms with Gasteiger partial charge in [0.05, 0.1) is 6.07 Å². The van der Waals surface area contributed by atoms with Gasteiger partial charge in [-0.3, -0.25) is 0 Å². The van der Waals surface area contributed by atoms with Crippen LogP contribution in [-0.4, -0.2) is 10.7 Å². The van der Waals surface area contributed by atoms with Gasteiger partial charge in [-0.1, -0.05) is 20.8 Å². The zero-order valence-corrected chi connectivity index (χ0v) is 8.59. The van der Waals surface area contributed by atoms with Gasteiger partial charge in [0, 0.05) is 5.41 Å². The first kappa shape index (κ1) is 9.02. The Labute approximate surface area is 79.6 Å². The van der Waals surface area contributed by atoms with Gasteiger partial charge in [-0.25, -0.2) is 0 Å². The molecule has 0 aromatic heterocycles. The summed E-state index contributed by atoms with van der Waals surface area (Å²) >= 11 is 0. The van der Waals surface area contributed by atoms with Crippen molar-refractivity contribution in [2.75, 3.05) is 0 Å². The summed E-state index contributed by atoms with van der Waals surface area (Å²) < 4.78 is 0. The summed E-state index contributed by atoms with van der Waals surface area (Å²) in [5, 5.41) is 19.3. The molecule has 2 saturated carbocycles. The monoisotopic (exact) mass is 179 g/mol. The predicted molar refractivity (Wildman–Crippen MR) is 49.8 cm³/mol. The average molecular weight is 179 g/mol.